The Bertz CT molecular complexity index is 399. The van der Waals surface area contributed by atoms with Crippen molar-refractivity contribution >= 4 is 18.3 Å². The van der Waals surface area contributed by atoms with Crippen LogP contribution in [0, 0.1) is 12.8 Å². The van der Waals surface area contributed by atoms with Gasteiger partial charge in [0.1, 0.15) is 0 Å². The summed E-state index contributed by atoms with van der Waals surface area (Å²) < 4.78 is 0. The van der Waals surface area contributed by atoms with E-state index in [1.807, 2.05) is 0 Å². The number of hydrogen-bond acceptors (Lipinski definition) is 2. The monoisotopic (exact) mass is 296 g/mol. The van der Waals surface area contributed by atoms with E-state index in [0.717, 1.165) is 25.4 Å². The molecule has 1 saturated heterocycles. The molecule has 1 aromatic rings. The number of carbonyl (C=O) groups is 1. The van der Waals surface area contributed by atoms with Crippen LogP contribution in [-0.2, 0) is 11.3 Å². The Kier molecular flexibility index (Phi) is 7.63. The Hall–Kier alpha value is -1.06. The maximum atomic E-state index is 11.8. The molecule has 0 spiro atoms. The summed E-state index contributed by atoms with van der Waals surface area (Å²) in [6.07, 6.45) is 4.12. The summed E-state index contributed by atoms with van der Waals surface area (Å²) >= 11 is 0. The van der Waals surface area contributed by atoms with Gasteiger partial charge in [0, 0.05) is 13.0 Å². The van der Waals surface area contributed by atoms with Crippen LogP contribution in [0.2, 0.25) is 0 Å². The average Bonchev–Trinajstić information content (AvgIpc) is 2.45. The van der Waals surface area contributed by atoms with Crippen LogP contribution in [0.5, 0.6) is 0 Å². The first-order valence-electron chi connectivity index (χ1n) is 7.27. The SMILES string of the molecule is Cc1ccc(CNC(=O)CCC2CCNCC2)cc1.Cl. The molecule has 2 N–H and O–H groups in total. The normalized spacial score (nSPS) is 15.4. The van der Waals surface area contributed by atoms with Gasteiger partial charge in [0.2, 0.25) is 5.91 Å². The predicted octanol–water partition coefficient (Wildman–Crippen LogP) is 2.81. The predicted molar refractivity (Wildman–Crippen MR) is 85.1 cm³/mol. The molecule has 2 rings (SSSR count). The summed E-state index contributed by atoms with van der Waals surface area (Å²) in [4.78, 5) is 11.8. The minimum atomic E-state index is 0. The van der Waals surface area contributed by atoms with Gasteiger partial charge in [0.15, 0.2) is 0 Å². The lowest BCUT2D eigenvalue weighted by Gasteiger charge is -2.22. The van der Waals surface area contributed by atoms with Crippen molar-refractivity contribution in [1.82, 2.24) is 10.6 Å². The van der Waals surface area contributed by atoms with Gasteiger partial charge in [-0.05, 0) is 50.8 Å². The number of halogens is 1. The van der Waals surface area contributed by atoms with Gasteiger partial charge in [-0.25, -0.2) is 0 Å². The molecular weight excluding hydrogens is 272 g/mol. The first-order valence-corrected chi connectivity index (χ1v) is 7.27. The third-order valence-corrected chi connectivity index (χ3v) is 3.85. The third kappa shape index (κ3) is 5.93. The largest absolute Gasteiger partial charge is 0.352 e. The van der Waals surface area contributed by atoms with Crippen molar-refractivity contribution < 1.29 is 4.79 Å². The van der Waals surface area contributed by atoms with Crippen molar-refractivity contribution in [3.05, 3.63) is 35.4 Å². The van der Waals surface area contributed by atoms with Crippen LogP contribution in [-0.4, -0.2) is 19.0 Å². The molecule has 0 aromatic heterocycles. The summed E-state index contributed by atoms with van der Waals surface area (Å²) in [7, 11) is 0. The minimum absolute atomic E-state index is 0. The fourth-order valence-corrected chi connectivity index (χ4v) is 2.50. The average molecular weight is 297 g/mol. The molecule has 0 unspecified atom stereocenters. The van der Waals surface area contributed by atoms with Crippen molar-refractivity contribution in [2.24, 2.45) is 5.92 Å². The van der Waals surface area contributed by atoms with E-state index in [2.05, 4.69) is 41.8 Å². The van der Waals surface area contributed by atoms with Crippen LogP contribution in [0.15, 0.2) is 24.3 Å². The number of piperidine rings is 1. The number of amides is 1. The van der Waals surface area contributed by atoms with Crippen molar-refractivity contribution in [3.63, 3.8) is 0 Å². The summed E-state index contributed by atoms with van der Waals surface area (Å²) in [5.74, 6) is 0.908. The lowest BCUT2D eigenvalue weighted by atomic mass is 9.93. The highest BCUT2D eigenvalue weighted by Crippen LogP contribution is 2.17. The first kappa shape index (κ1) is 17.0. The van der Waals surface area contributed by atoms with E-state index in [9.17, 15) is 4.79 Å². The molecule has 112 valence electrons. The zero-order chi connectivity index (χ0) is 13.5. The maximum absolute atomic E-state index is 11.8. The van der Waals surface area contributed by atoms with Crippen LogP contribution in [0.1, 0.15) is 36.8 Å². The quantitative estimate of drug-likeness (QED) is 0.877. The fourth-order valence-electron chi connectivity index (χ4n) is 2.50. The minimum Gasteiger partial charge on any atom is -0.352 e. The fraction of sp³-hybridized carbons (Fsp3) is 0.562. The molecule has 0 saturated carbocycles. The topological polar surface area (TPSA) is 41.1 Å². The van der Waals surface area contributed by atoms with Gasteiger partial charge < -0.3 is 10.6 Å². The van der Waals surface area contributed by atoms with Gasteiger partial charge in [-0.2, -0.15) is 0 Å². The molecule has 1 amide bonds. The van der Waals surface area contributed by atoms with E-state index < -0.39 is 0 Å². The molecule has 1 aliphatic rings. The standard InChI is InChI=1S/C16H24N2O.ClH/c1-13-2-4-15(5-3-13)12-18-16(19)7-6-14-8-10-17-11-9-14;/h2-5,14,17H,6-12H2,1H3,(H,18,19);1H. The van der Waals surface area contributed by atoms with Crippen LogP contribution < -0.4 is 10.6 Å². The number of aryl methyl sites for hydroxylation is 1. The number of benzene rings is 1. The third-order valence-electron chi connectivity index (χ3n) is 3.85. The Labute approximate surface area is 127 Å². The molecule has 0 atom stereocenters. The zero-order valence-corrected chi connectivity index (χ0v) is 13.0. The highest BCUT2D eigenvalue weighted by molar-refractivity contribution is 5.85. The molecule has 1 fully saturated rings. The highest BCUT2D eigenvalue weighted by Gasteiger charge is 2.14. The maximum Gasteiger partial charge on any atom is 0.220 e. The number of carbonyl (C=O) groups excluding carboxylic acids is 1. The van der Waals surface area contributed by atoms with Crippen LogP contribution in [0.25, 0.3) is 0 Å². The molecule has 0 radical (unpaired) electrons. The molecule has 0 bridgehead atoms. The van der Waals surface area contributed by atoms with E-state index in [-0.39, 0.29) is 18.3 Å². The molecule has 1 heterocycles. The van der Waals surface area contributed by atoms with Gasteiger partial charge in [-0.15, -0.1) is 12.4 Å². The van der Waals surface area contributed by atoms with Crippen LogP contribution >= 0.6 is 12.4 Å². The molecule has 4 heteroatoms. The second-order valence-electron chi connectivity index (χ2n) is 5.49. The molecule has 3 nitrogen and oxygen atoms in total. The summed E-state index contributed by atoms with van der Waals surface area (Å²) in [5, 5.41) is 6.36. The summed E-state index contributed by atoms with van der Waals surface area (Å²) in [5.41, 5.74) is 2.42. The second-order valence-corrected chi connectivity index (χ2v) is 5.49. The Morgan fingerprint density at radius 2 is 1.90 bits per heavy atom. The molecule has 0 aliphatic carbocycles. The lowest BCUT2D eigenvalue weighted by molar-refractivity contribution is -0.121. The molecule has 1 aliphatic heterocycles. The number of nitrogens with one attached hydrogen (secondary N) is 2. The Morgan fingerprint density at radius 3 is 2.55 bits per heavy atom. The highest BCUT2D eigenvalue weighted by atomic mass is 35.5. The lowest BCUT2D eigenvalue weighted by Crippen LogP contribution is -2.29. The van der Waals surface area contributed by atoms with Crippen LogP contribution in [0.3, 0.4) is 0 Å². The zero-order valence-electron chi connectivity index (χ0n) is 12.2. The smallest absolute Gasteiger partial charge is 0.220 e. The van der Waals surface area contributed by atoms with E-state index in [4.69, 9.17) is 0 Å². The first-order chi connectivity index (χ1) is 9.24. The van der Waals surface area contributed by atoms with Gasteiger partial charge in [0.05, 0.1) is 0 Å². The van der Waals surface area contributed by atoms with Gasteiger partial charge in [0.25, 0.3) is 0 Å². The van der Waals surface area contributed by atoms with Crippen molar-refractivity contribution in [3.8, 4) is 0 Å². The van der Waals surface area contributed by atoms with Crippen LogP contribution in [0.4, 0.5) is 0 Å². The van der Waals surface area contributed by atoms with Gasteiger partial charge >= 0.3 is 0 Å². The van der Waals surface area contributed by atoms with E-state index >= 15 is 0 Å². The summed E-state index contributed by atoms with van der Waals surface area (Å²) in [6.45, 7) is 4.93. The van der Waals surface area contributed by atoms with E-state index in [0.29, 0.717) is 13.0 Å². The Morgan fingerprint density at radius 1 is 1.25 bits per heavy atom. The summed E-state index contributed by atoms with van der Waals surface area (Å²) in [6, 6.07) is 8.30. The van der Waals surface area contributed by atoms with Gasteiger partial charge in [-0.3, -0.25) is 4.79 Å². The van der Waals surface area contributed by atoms with Gasteiger partial charge in [-0.1, -0.05) is 29.8 Å². The number of hydrogen-bond donors (Lipinski definition) is 2. The second kappa shape index (κ2) is 8.98. The van der Waals surface area contributed by atoms with Crippen molar-refractivity contribution in [2.75, 3.05) is 13.1 Å². The van der Waals surface area contributed by atoms with E-state index in [1.54, 1.807) is 0 Å². The molecule has 1 aromatic carbocycles. The van der Waals surface area contributed by atoms with E-state index in [1.165, 1.54) is 24.0 Å². The molecular formula is C16H25ClN2O. The molecule has 20 heavy (non-hydrogen) atoms. The Balaban J connectivity index is 0.00000200. The van der Waals surface area contributed by atoms with Crippen molar-refractivity contribution in [1.29, 1.82) is 0 Å². The van der Waals surface area contributed by atoms with Crippen molar-refractivity contribution in [2.45, 2.75) is 39.2 Å². The number of rotatable bonds is 5.